The molecule has 2 nitrogen and oxygen atoms in total. The fourth-order valence-electron chi connectivity index (χ4n) is 3.63. The van der Waals surface area contributed by atoms with Crippen LogP contribution >= 0.6 is 0 Å². The molecule has 0 saturated heterocycles. The number of ether oxygens (including phenoxy) is 1. The van der Waals surface area contributed by atoms with E-state index in [9.17, 15) is 4.79 Å². The van der Waals surface area contributed by atoms with Crippen molar-refractivity contribution in [3.05, 3.63) is 48.0 Å². The van der Waals surface area contributed by atoms with Crippen LogP contribution in [0.3, 0.4) is 0 Å². The van der Waals surface area contributed by atoms with Crippen LogP contribution in [0.15, 0.2) is 42.5 Å². The molecule has 1 aliphatic rings. The molecular weight excluding hydrogens is 296 g/mol. The summed E-state index contributed by atoms with van der Waals surface area (Å²) >= 11 is 0. The molecule has 0 aliphatic heterocycles. The van der Waals surface area contributed by atoms with Crippen molar-refractivity contribution in [3.63, 3.8) is 0 Å². The van der Waals surface area contributed by atoms with E-state index in [4.69, 9.17) is 4.74 Å². The third-order valence-electron chi connectivity index (χ3n) is 5.67. The molecule has 0 atom stereocenters. The number of rotatable bonds is 4. The number of benzene rings is 2. The van der Waals surface area contributed by atoms with E-state index >= 15 is 0 Å². The zero-order valence-corrected chi connectivity index (χ0v) is 15.1. The quantitative estimate of drug-likeness (QED) is 0.647. The van der Waals surface area contributed by atoms with Crippen LogP contribution < -0.4 is 0 Å². The van der Waals surface area contributed by atoms with Crippen LogP contribution in [-0.4, -0.2) is 5.97 Å². The summed E-state index contributed by atoms with van der Waals surface area (Å²) in [5, 5.41) is 2.43. The Bertz CT molecular complexity index is 718. The van der Waals surface area contributed by atoms with Crippen LogP contribution in [0.1, 0.15) is 64.9 Å². The molecule has 128 valence electrons. The standard InChI is InChI=1S/C22H28O2/c1-4-21(2,3)20(23)24-22(15-8-5-9-16-22)19-14-10-12-17-11-6-7-13-18(17)19/h6-7,10-14H,4-5,8-9,15-16H2,1-3H3. The van der Waals surface area contributed by atoms with Gasteiger partial charge >= 0.3 is 5.97 Å². The second kappa shape index (κ2) is 6.58. The zero-order chi connectivity index (χ0) is 17.2. The highest BCUT2D eigenvalue weighted by atomic mass is 16.6. The molecule has 0 amide bonds. The summed E-state index contributed by atoms with van der Waals surface area (Å²) in [7, 11) is 0. The summed E-state index contributed by atoms with van der Waals surface area (Å²) in [6.07, 6.45) is 6.09. The normalized spacial score (nSPS) is 17.6. The van der Waals surface area contributed by atoms with Crippen molar-refractivity contribution in [1.29, 1.82) is 0 Å². The predicted octanol–water partition coefficient (Wildman–Crippen LogP) is 5.98. The van der Waals surface area contributed by atoms with E-state index in [0.717, 1.165) is 32.1 Å². The summed E-state index contributed by atoms with van der Waals surface area (Å²) in [5.74, 6) is -0.0696. The molecule has 0 aromatic heterocycles. The van der Waals surface area contributed by atoms with Crippen molar-refractivity contribution < 1.29 is 9.53 Å². The van der Waals surface area contributed by atoms with Gasteiger partial charge in [0.05, 0.1) is 5.41 Å². The van der Waals surface area contributed by atoms with Crippen molar-refractivity contribution in [2.75, 3.05) is 0 Å². The Morgan fingerprint density at radius 2 is 1.71 bits per heavy atom. The molecule has 2 aromatic rings. The third-order valence-corrected chi connectivity index (χ3v) is 5.67. The number of hydrogen-bond donors (Lipinski definition) is 0. The van der Waals surface area contributed by atoms with Crippen molar-refractivity contribution >= 4 is 16.7 Å². The topological polar surface area (TPSA) is 26.3 Å². The minimum atomic E-state index is -0.470. The second-order valence-electron chi connectivity index (χ2n) is 7.71. The minimum Gasteiger partial charge on any atom is -0.454 e. The van der Waals surface area contributed by atoms with Crippen LogP contribution in [0.4, 0.5) is 0 Å². The zero-order valence-electron chi connectivity index (χ0n) is 15.1. The summed E-state index contributed by atoms with van der Waals surface area (Å²) in [6, 6.07) is 14.8. The van der Waals surface area contributed by atoms with Crippen LogP contribution in [0.25, 0.3) is 10.8 Å². The maximum atomic E-state index is 12.9. The third kappa shape index (κ3) is 3.07. The number of esters is 1. The maximum absolute atomic E-state index is 12.9. The molecule has 2 heteroatoms. The van der Waals surface area contributed by atoms with Crippen molar-refractivity contribution in [1.82, 2.24) is 0 Å². The SMILES string of the molecule is CCC(C)(C)C(=O)OC1(c2cccc3ccccc23)CCCCC1. The molecule has 24 heavy (non-hydrogen) atoms. The molecule has 1 fully saturated rings. The fourth-order valence-corrected chi connectivity index (χ4v) is 3.63. The highest BCUT2D eigenvalue weighted by molar-refractivity contribution is 5.87. The van der Waals surface area contributed by atoms with Crippen molar-refractivity contribution in [2.45, 2.75) is 64.9 Å². The molecule has 0 N–H and O–H groups in total. The van der Waals surface area contributed by atoms with Gasteiger partial charge in [0.15, 0.2) is 0 Å². The van der Waals surface area contributed by atoms with Gasteiger partial charge in [-0.25, -0.2) is 0 Å². The van der Waals surface area contributed by atoms with E-state index in [1.54, 1.807) is 0 Å². The van der Waals surface area contributed by atoms with Gasteiger partial charge in [0.1, 0.15) is 5.60 Å². The van der Waals surface area contributed by atoms with E-state index in [-0.39, 0.29) is 5.97 Å². The van der Waals surface area contributed by atoms with Crippen molar-refractivity contribution in [3.8, 4) is 0 Å². The van der Waals surface area contributed by atoms with Crippen molar-refractivity contribution in [2.24, 2.45) is 5.41 Å². The van der Waals surface area contributed by atoms with E-state index in [1.807, 2.05) is 20.8 Å². The number of hydrogen-bond acceptors (Lipinski definition) is 2. The minimum absolute atomic E-state index is 0.0696. The lowest BCUT2D eigenvalue weighted by Crippen LogP contribution is -2.39. The lowest BCUT2D eigenvalue weighted by molar-refractivity contribution is -0.176. The summed E-state index contributed by atoms with van der Waals surface area (Å²) in [4.78, 5) is 12.9. The molecule has 1 aliphatic carbocycles. The van der Waals surface area contributed by atoms with E-state index in [1.165, 1.54) is 22.8 Å². The fraction of sp³-hybridized carbons (Fsp3) is 0.500. The second-order valence-corrected chi connectivity index (χ2v) is 7.71. The molecule has 2 aromatic carbocycles. The summed E-state index contributed by atoms with van der Waals surface area (Å²) in [5.41, 5.74) is 0.276. The van der Waals surface area contributed by atoms with Crippen LogP contribution in [0.5, 0.6) is 0 Å². The first-order valence-corrected chi connectivity index (χ1v) is 9.20. The lowest BCUT2D eigenvalue weighted by atomic mass is 9.77. The van der Waals surface area contributed by atoms with Gasteiger partial charge in [-0.05, 0) is 56.7 Å². The smallest absolute Gasteiger partial charge is 0.312 e. The molecule has 0 spiro atoms. The van der Waals surface area contributed by atoms with Gasteiger partial charge in [0.2, 0.25) is 0 Å². The highest BCUT2D eigenvalue weighted by Gasteiger charge is 2.41. The molecular formula is C22H28O2. The van der Waals surface area contributed by atoms with E-state index < -0.39 is 11.0 Å². The van der Waals surface area contributed by atoms with Gasteiger partial charge < -0.3 is 4.74 Å². The Kier molecular flexibility index (Phi) is 4.67. The van der Waals surface area contributed by atoms with Gasteiger partial charge in [0.25, 0.3) is 0 Å². The largest absolute Gasteiger partial charge is 0.454 e. The Balaban J connectivity index is 2.07. The first kappa shape index (κ1) is 17.0. The van der Waals surface area contributed by atoms with Gasteiger partial charge in [-0.15, -0.1) is 0 Å². The number of carbonyl (C=O) groups is 1. The van der Waals surface area contributed by atoms with Crippen LogP contribution in [-0.2, 0) is 15.1 Å². The Hall–Kier alpha value is -1.83. The maximum Gasteiger partial charge on any atom is 0.312 e. The molecule has 1 saturated carbocycles. The number of fused-ring (bicyclic) bond motifs is 1. The average molecular weight is 324 g/mol. The molecule has 3 rings (SSSR count). The van der Waals surface area contributed by atoms with Crippen LogP contribution in [0.2, 0.25) is 0 Å². The first-order valence-electron chi connectivity index (χ1n) is 9.20. The number of carbonyl (C=O) groups excluding carboxylic acids is 1. The monoisotopic (exact) mass is 324 g/mol. The van der Waals surface area contributed by atoms with Crippen LogP contribution in [0, 0.1) is 5.41 Å². The Morgan fingerprint density at radius 3 is 2.42 bits per heavy atom. The van der Waals surface area contributed by atoms with E-state index in [2.05, 4.69) is 42.5 Å². The molecule has 0 heterocycles. The molecule has 0 bridgehead atoms. The summed E-state index contributed by atoms with van der Waals surface area (Å²) < 4.78 is 6.29. The Morgan fingerprint density at radius 1 is 1.04 bits per heavy atom. The predicted molar refractivity (Wildman–Crippen MR) is 98.9 cm³/mol. The van der Waals surface area contributed by atoms with Gasteiger partial charge in [-0.1, -0.05) is 55.8 Å². The molecule has 0 radical (unpaired) electrons. The molecule has 0 unspecified atom stereocenters. The average Bonchev–Trinajstić information content (AvgIpc) is 2.62. The van der Waals surface area contributed by atoms with E-state index in [0.29, 0.717) is 0 Å². The lowest BCUT2D eigenvalue weighted by Gasteiger charge is -2.40. The summed E-state index contributed by atoms with van der Waals surface area (Å²) in [6.45, 7) is 6.01. The highest BCUT2D eigenvalue weighted by Crippen LogP contribution is 2.44. The van der Waals surface area contributed by atoms with Gasteiger partial charge in [-0.3, -0.25) is 4.79 Å². The van der Waals surface area contributed by atoms with Gasteiger partial charge in [0, 0.05) is 5.56 Å². The Labute approximate surface area is 145 Å². The van der Waals surface area contributed by atoms with Gasteiger partial charge in [-0.2, -0.15) is 0 Å². The first-order chi connectivity index (χ1) is 11.5.